The molecule has 0 bridgehead atoms. The molecule has 0 radical (unpaired) electrons. The fraction of sp³-hybridized carbons (Fsp3) is 0.273. The van der Waals surface area contributed by atoms with Gasteiger partial charge in [-0.2, -0.15) is 18.2 Å². The van der Waals surface area contributed by atoms with Crippen molar-refractivity contribution < 1.29 is 22.1 Å². The van der Waals surface area contributed by atoms with Crippen molar-refractivity contribution in [3.63, 3.8) is 0 Å². The molecule has 108 valence electrons. The van der Waals surface area contributed by atoms with Gasteiger partial charge in [0, 0.05) is 10.0 Å². The predicted octanol–water partition coefficient (Wildman–Crippen LogP) is 3.29. The summed E-state index contributed by atoms with van der Waals surface area (Å²) in [5.74, 6) is -0.252. The first-order valence-corrected chi connectivity index (χ1v) is 6.20. The van der Waals surface area contributed by atoms with E-state index in [2.05, 4.69) is 31.4 Å². The lowest BCUT2D eigenvalue weighted by Gasteiger charge is -2.05. The number of aromatic nitrogens is 2. The van der Waals surface area contributed by atoms with Crippen LogP contribution in [0.3, 0.4) is 0 Å². The van der Waals surface area contributed by atoms with Crippen LogP contribution in [0.1, 0.15) is 5.89 Å². The van der Waals surface area contributed by atoms with E-state index >= 15 is 0 Å². The number of alkyl halides is 3. The summed E-state index contributed by atoms with van der Waals surface area (Å²) in [5, 5.41) is 5.77. The third-order valence-corrected chi connectivity index (χ3v) is 2.90. The van der Waals surface area contributed by atoms with Crippen LogP contribution >= 0.6 is 15.9 Å². The Kier molecular flexibility index (Phi) is 4.39. The number of rotatable bonds is 4. The zero-order chi connectivity index (χ0) is 14.8. The summed E-state index contributed by atoms with van der Waals surface area (Å²) < 4.78 is 54.0. The van der Waals surface area contributed by atoms with Crippen LogP contribution in [0.5, 0.6) is 0 Å². The second-order valence-corrected chi connectivity index (χ2v) is 4.71. The summed E-state index contributed by atoms with van der Waals surface area (Å²) in [4.78, 5) is 3.93. The van der Waals surface area contributed by atoms with Crippen LogP contribution < -0.4 is 5.32 Å². The van der Waals surface area contributed by atoms with Crippen molar-refractivity contribution in [1.29, 1.82) is 0 Å². The minimum Gasteiger partial charge on any atom is -0.338 e. The molecule has 1 aromatic heterocycles. The predicted molar refractivity (Wildman–Crippen MR) is 65.2 cm³/mol. The third kappa shape index (κ3) is 4.01. The van der Waals surface area contributed by atoms with E-state index in [0.717, 1.165) is 0 Å². The van der Waals surface area contributed by atoms with Crippen molar-refractivity contribution in [3.05, 3.63) is 34.4 Å². The van der Waals surface area contributed by atoms with Crippen molar-refractivity contribution in [3.8, 4) is 11.4 Å². The Hall–Kier alpha value is -1.48. The Balaban J connectivity index is 2.05. The molecule has 0 saturated carbocycles. The molecule has 4 nitrogen and oxygen atoms in total. The lowest BCUT2D eigenvalue weighted by molar-refractivity contribution is -0.125. The number of benzene rings is 1. The molecular weight excluding hydrogens is 346 g/mol. The summed E-state index contributed by atoms with van der Waals surface area (Å²) in [6.07, 6.45) is -4.30. The molecule has 1 heterocycles. The van der Waals surface area contributed by atoms with E-state index in [9.17, 15) is 17.6 Å². The maximum Gasteiger partial charge on any atom is 0.401 e. The van der Waals surface area contributed by atoms with Crippen molar-refractivity contribution in [1.82, 2.24) is 15.5 Å². The molecule has 1 N–H and O–H groups in total. The van der Waals surface area contributed by atoms with Gasteiger partial charge in [-0.1, -0.05) is 5.16 Å². The van der Waals surface area contributed by atoms with Crippen LogP contribution in [-0.4, -0.2) is 22.9 Å². The summed E-state index contributed by atoms with van der Waals surface area (Å²) in [7, 11) is 0. The highest BCUT2D eigenvalue weighted by molar-refractivity contribution is 9.10. The molecular formula is C11H8BrF4N3O. The molecule has 1 aromatic carbocycles. The lowest BCUT2D eigenvalue weighted by atomic mass is 10.2. The van der Waals surface area contributed by atoms with E-state index in [1.807, 2.05) is 0 Å². The van der Waals surface area contributed by atoms with E-state index in [1.165, 1.54) is 18.2 Å². The van der Waals surface area contributed by atoms with Crippen LogP contribution in [0.15, 0.2) is 27.2 Å². The minimum absolute atomic E-state index is 0.0143. The van der Waals surface area contributed by atoms with Crippen LogP contribution in [0, 0.1) is 5.82 Å². The number of nitrogens with one attached hydrogen (secondary N) is 1. The van der Waals surface area contributed by atoms with E-state index in [0.29, 0.717) is 10.0 Å². The molecule has 0 aliphatic carbocycles. The summed E-state index contributed by atoms with van der Waals surface area (Å²) in [5.41, 5.74) is 0.484. The Bertz CT molecular complexity index is 600. The van der Waals surface area contributed by atoms with Crippen LogP contribution in [-0.2, 0) is 6.54 Å². The Morgan fingerprint density at radius 1 is 1.30 bits per heavy atom. The highest BCUT2D eigenvalue weighted by atomic mass is 79.9. The minimum atomic E-state index is -4.30. The van der Waals surface area contributed by atoms with Crippen LogP contribution in [0.4, 0.5) is 17.6 Å². The Morgan fingerprint density at radius 2 is 2.05 bits per heavy atom. The standard InChI is InChI=1S/C11H8BrF4N3O/c12-8-3-6(13)1-2-7(8)10-18-9(20-19-10)4-17-5-11(14,15)16/h1-3,17H,4-5H2. The number of nitrogens with zero attached hydrogens (tertiary/aromatic N) is 2. The number of hydrogen-bond acceptors (Lipinski definition) is 4. The maximum absolute atomic E-state index is 12.9. The van der Waals surface area contributed by atoms with E-state index in [-0.39, 0.29) is 18.3 Å². The summed E-state index contributed by atoms with van der Waals surface area (Å²) >= 11 is 3.15. The summed E-state index contributed by atoms with van der Waals surface area (Å²) in [6.45, 7) is -1.35. The molecule has 0 fully saturated rings. The van der Waals surface area contributed by atoms with Gasteiger partial charge >= 0.3 is 6.18 Å². The van der Waals surface area contributed by atoms with Gasteiger partial charge in [0.05, 0.1) is 13.1 Å². The van der Waals surface area contributed by atoms with E-state index < -0.39 is 18.5 Å². The molecule has 2 aromatic rings. The Labute approximate surface area is 119 Å². The largest absolute Gasteiger partial charge is 0.401 e. The van der Waals surface area contributed by atoms with Crippen molar-refractivity contribution in [2.45, 2.75) is 12.7 Å². The van der Waals surface area contributed by atoms with Gasteiger partial charge in [0.2, 0.25) is 11.7 Å². The average molecular weight is 354 g/mol. The molecule has 20 heavy (non-hydrogen) atoms. The fourth-order valence-electron chi connectivity index (χ4n) is 1.42. The van der Waals surface area contributed by atoms with Crippen molar-refractivity contribution in [2.24, 2.45) is 0 Å². The first kappa shape index (κ1) is 14.9. The van der Waals surface area contributed by atoms with Gasteiger partial charge in [0.1, 0.15) is 5.82 Å². The highest BCUT2D eigenvalue weighted by Crippen LogP contribution is 2.26. The molecule has 0 spiro atoms. The smallest absolute Gasteiger partial charge is 0.338 e. The highest BCUT2D eigenvalue weighted by Gasteiger charge is 2.26. The second kappa shape index (κ2) is 5.88. The van der Waals surface area contributed by atoms with E-state index in [1.54, 1.807) is 0 Å². The van der Waals surface area contributed by atoms with Crippen molar-refractivity contribution >= 4 is 15.9 Å². The molecule has 0 saturated heterocycles. The van der Waals surface area contributed by atoms with E-state index in [4.69, 9.17) is 4.52 Å². The lowest BCUT2D eigenvalue weighted by Crippen LogP contribution is -2.28. The van der Waals surface area contributed by atoms with Gasteiger partial charge in [-0.15, -0.1) is 0 Å². The van der Waals surface area contributed by atoms with Gasteiger partial charge in [-0.25, -0.2) is 4.39 Å². The SMILES string of the molecule is Fc1ccc(-c2noc(CNCC(F)(F)F)n2)c(Br)c1. The number of halogens is 5. The monoisotopic (exact) mass is 353 g/mol. The zero-order valence-corrected chi connectivity index (χ0v) is 11.4. The first-order chi connectivity index (χ1) is 9.35. The van der Waals surface area contributed by atoms with Crippen molar-refractivity contribution in [2.75, 3.05) is 6.54 Å². The molecule has 0 amide bonds. The van der Waals surface area contributed by atoms with Gasteiger partial charge in [0.15, 0.2) is 0 Å². The maximum atomic E-state index is 12.9. The van der Waals surface area contributed by atoms with Gasteiger partial charge in [-0.3, -0.25) is 0 Å². The van der Waals surface area contributed by atoms with Gasteiger partial charge < -0.3 is 9.84 Å². The van der Waals surface area contributed by atoms with Gasteiger partial charge in [0.25, 0.3) is 0 Å². The molecule has 0 aliphatic heterocycles. The van der Waals surface area contributed by atoms with Crippen LogP contribution in [0.2, 0.25) is 0 Å². The molecule has 0 atom stereocenters. The van der Waals surface area contributed by atoms with Crippen LogP contribution in [0.25, 0.3) is 11.4 Å². The zero-order valence-electron chi connectivity index (χ0n) is 9.84. The van der Waals surface area contributed by atoms with Gasteiger partial charge in [-0.05, 0) is 34.1 Å². The second-order valence-electron chi connectivity index (χ2n) is 3.85. The third-order valence-electron chi connectivity index (χ3n) is 2.24. The molecule has 2 rings (SSSR count). The first-order valence-electron chi connectivity index (χ1n) is 5.40. The Morgan fingerprint density at radius 3 is 2.70 bits per heavy atom. The topological polar surface area (TPSA) is 51.0 Å². The fourth-order valence-corrected chi connectivity index (χ4v) is 1.95. The number of hydrogen-bond donors (Lipinski definition) is 1. The molecule has 0 unspecified atom stereocenters. The molecule has 9 heteroatoms. The average Bonchev–Trinajstić information content (AvgIpc) is 2.75. The quantitative estimate of drug-likeness (QED) is 0.857. The molecule has 0 aliphatic rings. The summed E-state index contributed by atoms with van der Waals surface area (Å²) in [6, 6.07) is 3.89. The normalized spacial score (nSPS) is 11.8.